The van der Waals surface area contributed by atoms with Crippen LogP contribution in [0, 0.1) is 5.82 Å². The number of benzene rings is 1. The van der Waals surface area contributed by atoms with Crippen LogP contribution in [0.3, 0.4) is 0 Å². The van der Waals surface area contributed by atoms with Gasteiger partial charge in [-0.15, -0.1) is 0 Å². The molecule has 1 N–H and O–H groups in total. The number of rotatable bonds is 2. The second-order valence-electron chi connectivity index (χ2n) is 3.38. The Hall–Kier alpha value is -1.71. The Bertz CT molecular complexity index is 410. The molecule has 0 saturated carbocycles. The van der Waals surface area contributed by atoms with E-state index in [4.69, 9.17) is 0 Å². The second-order valence-corrected chi connectivity index (χ2v) is 3.38. The van der Waals surface area contributed by atoms with Crippen LogP contribution in [-0.2, 0) is 0 Å². The van der Waals surface area contributed by atoms with Crippen LogP contribution >= 0.6 is 0 Å². The normalized spacial score (nSPS) is 12.8. The van der Waals surface area contributed by atoms with Crippen LogP contribution in [0.2, 0.25) is 0 Å². The zero-order valence-corrected chi connectivity index (χ0v) is 9.79. The van der Waals surface area contributed by atoms with E-state index < -0.39 is 0 Å². The van der Waals surface area contributed by atoms with Gasteiger partial charge in [0.1, 0.15) is 5.82 Å². The van der Waals surface area contributed by atoms with Crippen molar-refractivity contribution in [2.24, 2.45) is 9.98 Å². The van der Waals surface area contributed by atoms with Crippen molar-refractivity contribution >= 4 is 17.4 Å². The molecule has 4 heteroatoms. The summed E-state index contributed by atoms with van der Waals surface area (Å²) in [5, 5.41) is 2.96. The van der Waals surface area contributed by atoms with Gasteiger partial charge in [-0.2, -0.15) is 0 Å². The Morgan fingerprint density at radius 2 is 2.19 bits per heavy atom. The van der Waals surface area contributed by atoms with E-state index in [0.29, 0.717) is 11.6 Å². The smallest absolute Gasteiger partial charge is 0.222 e. The molecule has 0 aliphatic carbocycles. The number of nitrogens with one attached hydrogen (secondary N) is 1. The van der Waals surface area contributed by atoms with Crippen LogP contribution < -0.4 is 5.32 Å². The number of halogens is 1. The summed E-state index contributed by atoms with van der Waals surface area (Å²) in [6, 6.07) is 6.21. The number of aliphatic imine (C=N–C) groups is 2. The lowest BCUT2D eigenvalue weighted by Gasteiger charge is -2.05. The maximum atomic E-state index is 12.9. The van der Waals surface area contributed by atoms with E-state index >= 15 is 0 Å². The molecular weight excluding hydrogens is 205 g/mol. The second kappa shape index (κ2) is 6.00. The average molecular weight is 221 g/mol. The van der Waals surface area contributed by atoms with Gasteiger partial charge >= 0.3 is 0 Å². The minimum atomic E-state index is -0.281. The molecular formula is C12H16FN3. The van der Waals surface area contributed by atoms with Gasteiger partial charge in [0, 0.05) is 18.4 Å². The third kappa shape index (κ3) is 3.81. The summed E-state index contributed by atoms with van der Waals surface area (Å²) in [6.07, 6.45) is 0.865. The third-order valence-electron chi connectivity index (χ3n) is 2.10. The fourth-order valence-corrected chi connectivity index (χ4v) is 1.09. The van der Waals surface area contributed by atoms with E-state index in [2.05, 4.69) is 15.3 Å². The van der Waals surface area contributed by atoms with Crippen molar-refractivity contribution < 1.29 is 4.39 Å². The van der Waals surface area contributed by atoms with Crippen molar-refractivity contribution in [2.75, 3.05) is 12.4 Å². The van der Waals surface area contributed by atoms with Crippen molar-refractivity contribution in [3.05, 3.63) is 30.1 Å². The van der Waals surface area contributed by atoms with Gasteiger partial charge in [0.05, 0.1) is 0 Å². The molecule has 0 fully saturated rings. The van der Waals surface area contributed by atoms with Crippen LogP contribution in [0.25, 0.3) is 0 Å². The fourth-order valence-electron chi connectivity index (χ4n) is 1.09. The number of hydrogen-bond donors (Lipinski definition) is 1. The minimum Gasteiger partial charge on any atom is -0.324 e. The van der Waals surface area contributed by atoms with Crippen LogP contribution in [0.15, 0.2) is 34.3 Å². The van der Waals surface area contributed by atoms with Crippen molar-refractivity contribution in [1.29, 1.82) is 0 Å². The number of nitrogens with zero attached hydrogens (tertiary/aromatic N) is 2. The highest BCUT2D eigenvalue weighted by Crippen LogP contribution is 2.09. The summed E-state index contributed by atoms with van der Waals surface area (Å²) in [7, 11) is 1.65. The zero-order chi connectivity index (χ0) is 12.0. The van der Waals surface area contributed by atoms with E-state index in [1.807, 2.05) is 13.8 Å². The third-order valence-corrected chi connectivity index (χ3v) is 2.10. The molecule has 0 radical (unpaired) electrons. The first-order valence-corrected chi connectivity index (χ1v) is 5.19. The highest BCUT2D eigenvalue weighted by atomic mass is 19.1. The van der Waals surface area contributed by atoms with E-state index in [1.165, 1.54) is 12.1 Å². The molecule has 0 aliphatic rings. The van der Waals surface area contributed by atoms with E-state index in [0.717, 1.165) is 12.1 Å². The lowest BCUT2D eigenvalue weighted by atomic mass is 10.3. The summed E-state index contributed by atoms with van der Waals surface area (Å²) < 4.78 is 12.9. The quantitative estimate of drug-likeness (QED) is 0.604. The number of guanidine groups is 1. The first-order chi connectivity index (χ1) is 7.65. The van der Waals surface area contributed by atoms with Crippen LogP contribution in [0.5, 0.6) is 0 Å². The summed E-state index contributed by atoms with van der Waals surface area (Å²) in [6.45, 7) is 3.95. The monoisotopic (exact) mass is 221 g/mol. The van der Waals surface area contributed by atoms with E-state index in [-0.39, 0.29) is 5.82 Å². The minimum absolute atomic E-state index is 0.281. The summed E-state index contributed by atoms with van der Waals surface area (Å²) >= 11 is 0. The Balaban J connectivity index is 2.79. The molecule has 86 valence electrons. The molecule has 0 atom stereocenters. The molecule has 16 heavy (non-hydrogen) atoms. The SMILES string of the molecule is CC/C(C)=N\C(=NC)Nc1cccc(F)c1. The maximum absolute atomic E-state index is 12.9. The molecule has 1 aromatic rings. The van der Waals surface area contributed by atoms with Crippen LogP contribution in [-0.4, -0.2) is 18.7 Å². The van der Waals surface area contributed by atoms with Crippen molar-refractivity contribution in [1.82, 2.24) is 0 Å². The van der Waals surface area contributed by atoms with Gasteiger partial charge in [-0.1, -0.05) is 13.0 Å². The molecule has 1 aromatic carbocycles. The van der Waals surface area contributed by atoms with Crippen molar-refractivity contribution in [3.8, 4) is 0 Å². The summed E-state index contributed by atoms with van der Waals surface area (Å²) in [4.78, 5) is 8.27. The first-order valence-electron chi connectivity index (χ1n) is 5.19. The summed E-state index contributed by atoms with van der Waals surface area (Å²) in [5.74, 6) is 0.210. The number of anilines is 1. The first kappa shape index (κ1) is 12.4. The Kier molecular flexibility index (Phi) is 4.64. The van der Waals surface area contributed by atoms with E-state index in [1.54, 1.807) is 19.2 Å². The molecule has 0 amide bonds. The largest absolute Gasteiger partial charge is 0.324 e. The zero-order valence-electron chi connectivity index (χ0n) is 9.79. The van der Waals surface area contributed by atoms with Gasteiger partial charge in [0.15, 0.2) is 0 Å². The molecule has 0 bridgehead atoms. The Morgan fingerprint density at radius 1 is 1.44 bits per heavy atom. The van der Waals surface area contributed by atoms with Crippen molar-refractivity contribution in [3.63, 3.8) is 0 Å². The lowest BCUT2D eigenvalue weighted by Crippen LogP contribution is -2.11. The standard InChI is InChI=1S/C12H16FN3/c1-4-9(2)15-12(14-3)16-11-7-5-6-10(13)8-11/h5-8H,4H2,1-3H3,(H,14,16)/b15-9-. The average Bonchev–Trinajstić information content (AvgIpc) is 2.28. The lowest BCUT2D eigenvalue weighted by molar-refractivity contribution is 0.628. The molecule has 0 spiro atoms. The molecule has 0 saturated heterocycles. The van der Waals surface area contributed by atoms with Gasteiger partial charge in [0.2, 0.25) is 5.96 Å². The molecule has 3 nitrogen and oxygen atoms in total. The van der Waals surface area contributed by atoms with Crippen LogP contribution in [0.4, 0.5) is 10.1 Å². The Labute approximate surface area is 95.1 Å². The van der Waals surface area contributed by atoms with Gasteiger partial charge in [-0.25, -0.2) is 9.38 Å². The topological polar surface area (TPSA) is 36.8 Å². The molecule has 0 unspecified atom stereocenters. The van der Waals surface area contributed by atoms with Crippen molar-refractivity contribution in [2.45, 2.75) is 20.3 Å². The molecule has 1 rings (SSSR count). The molecule has 0 aliphatic heterocycles. The fraction of sp³-hybridized carbons (Fsp3) is 0.333. The Morgan fingerprint density at radius 3 is 2.75 bits per heavy atom. The van der Waals surface area contributed by atoms with Gasteiger partial charge in [0.25, 0.3) is 0 Å². The molecule has 0 aromatic heterocycles. The van der Waals surface area contributed by atoms with Gasteiger partial charge in [-0.3, -0.25) is 4.99 Å². The molecule has 0 heterocycles. The van der Waals surface area contributed by atoms with Gasteiger partial charge in [-0.05, 0) is 31.5 Å². The predicted molar refractivity (Wildman–Crippen MR) is 66.8 cm³/mol. The maximum Gasteiger partial charge on any atom is 0.222 e. The van der Waals surface area contributed by atoms with Crippen LogP contribution in [0.1, 0.15) is 20.3 Å². The van der Waals surface area contributed by atoms with E-state index in [9.17, 15) is 4.39 Å². The highest BCUT2D eigenvalue weighted by molar-refractivity contribution is 6.02. The summed E-state index contributed by atoms with van der Waals surface area (Å²) in [5.41, 5.74) is 1.62. The number of hydrogen-bond acceptors (Lipinski definition) is 1. The van der Waals surface area contributed by atoms with Gasteiger partial charge < -0.3 is 5.32 Å². The highest BCUT2D eigenvalue weighted by Gasteiger charge is 1.99. The predicted octanol–water partition coefficient (Wildman–Crippen LogP) is 3.09.